The zero-order chi connectivity index (χ0) is 18.1. The minimum Gasteiger partial charge on any atom is -0.483 e. The molecule has 1 aliphatic rings. The van der Waals surface area contributed by atoms with Crippen LogP contribution in [0.2, 0.25) is 0 Å². The van der Waals surface area contributed by atoms with E-state index in [0.29, 0.717) is 6.42 Å². The lowest BCUT2D eigenvalue weighted by Gasteiger charge is -2.29. The largest absolute Gasteiger partial charge is 0.483 e. The van der Waals surface area contributed by atoms with Crippen molar-refractivity contribution in [2.75, 3.05) is 44.3 Å². The van der Waals surface area contributed by atoms with Crippen LogP contribution in [0.4, 0.5) is 11.4 Å². The fourth-order valence-corrected chi connectivity index (χ4v) is 2.41. The zero-order valence-electron chi connectivity index (χ0n) is 14.3. The molecule has 1 aromatic rings. The molecule has 1 fully saturated rings. The minimum absolute atomic E-state index is 0.0651. The van der Waals surface area contributed by atoms with E-state index in [1.165, 1.54) is 6.07 Å². The third kappa shape index (κ3) is 5.75. The molecule has 1 N–H and O–H groups in total. The topological polar surface area (TPSA) is 93.9 Å². The number of hydrogen-bond acceptors (Lipinski definition) is 7. The summed E-state index contributed by atoms with van der Waals surface area (Å²) in [5.41, 5.74) is 0.840. The van der Waals surface area contributed by atoms with E-state index in [0.717, 1.165) is 31.9 Å². The maximum absolute atomic E-state index is 11.2. The highest BCUT2D eigenvalue weighted by Crippen LogP contribution is 2.31. The Bertz CT molecular complexity index is 627. The van der Waals surface area contributed by atoms with Crippen molar-refractivity contribution in [1.82, 2.24) is 5.32 Å². The lowest BCUT2D eigenvalue weighted by Crippen LogP contribution is -2.43. The van der Waals surface area contributed by atoms with Crippen molar-refractivity contribution in [2.24, 2.45) is 0 Å². The van der Waals surface area contributed by atoms with Crippen LogP contribution in [0.25, 0.3) is 0 Å². The highest BCUT2D eigenvalue weighted by Gasteiger charge is 2.18. The molecule has 0 saturated carbocycles. The Kier molecular flexibility index (Phi) is 7.21. The summed E-state index contributed by atoms with van der Waals surface area (Å²) >= 11 is 0. The van der Waals surface area contributed by atoms with Gasteiger partial charge in [-0.2, -0.15) is 0 Å². The second kappa shape index (κ2) is 9.63. The van der Waals surface area contributed by atoms with Crippen molar-refractivity contribution >= 4 is 17.3 Å². The molecule has 8 heteroatoms. The Labute approximate surface area is 146 Å². The monoisotopic (exact) mass is 349 g/mol. The van der Waals surface area contributed by atoms with Gasteiger partial charge < -0.3 is 19.7 Å². The molecule has 136 valence electrons. The lowest BCUT2D eigenvalue weighted by molar-refractivity contribution is -0.385. The second-order valence-electron chi connectivity index (χ2n) is 5.47. The molecule has 1 aromatic carbocycles. The van der Waals surface area contributed by atoms with Crippen LogP contribution in [0.5, 0.6) is 5.75 Å². The second-order valence-corrected chi connectivity index (χ2v) is 5.47. The minimum atomic E-state index is -0.455. The van der Waals surface area contributed by atoms with Crippen LogP contribution >= 0.6 is 0 Å². The SMILES string of the molecule is CCC(=O)OC/C=C\COc1cc(N2CCNCC2)ccc1[N+](=O)[O-]. The van der Waals surface area contributed by atoms with Gasteiger partial charge in [-0.1, -0.05) is 6.92 Å². The average Bonchev–Trinajstić information content (AvgIpc) is 2.64. The molecule has 0 bridgehead atoms. The smallest absolute Gasteiger partial charge is 0.311 e. The molecule has 0 radical (unpaired) electrons. The number of nitrogens with one attached hydrogen (secondary N) is 1. The van der Waals surface area contributed by atoms with Crippen molar-refractivity contribution < 1.29 is 19.2 Å². The number of nitrogens with zero attached hydrogens (tertiary/aromatic N) is 2. The lowest BCUT2D eigenvalue weighted by atomic mass is 10.2. The standard InChI is InChI=1S/C17H23N3O5/c1-2-17(21)25-12-4-3-11-24-16-13-14(5-6-15(16)20(22)23)19-9-7-18-8-10-19/h3-6,13,18H,2,7-12H2,1H3/b4-3-. The number of nitro benzene ring substituents is 1. The molecule has 0 aromatic heterocycles. The van der Waals surface area contributed by atoms with Crippen molar-refractivity contribution in [3.05, 3.63) is 40.5 Å². The van der Waals surface area contributed by atoms with Gasteiger partial charge in [0.05, 0.1) is 4.92 Å². The third-order valence-corrected chi connectivity index (χ3v) is 3.75. The van der Waals surface area contributed by atoms with Gasteiger partial charge in [0.2, 0.25) is 0 Å². The summed E-state index contributed by atoms with van der Waals surface area (Å²) in [7, 11) is 0. The van der Waals surface area contributed by atoms with E-state index in [1.54, 1.807) is 31.2 Å². The van der Waals surface area contributed by atoms with E-state index in [-0.39, 0.29) is 30.6 Å². The summed E-state index contributed by atoms with van der Waals surface area (Å²) in [5.74, 6) is -0.0406. The molecule has 8 nitrogen and oxygen atoms in total. The van der Waals surface area contributed by atoms with Gasteiger partial charge in [0, 0.05) is 50.4 Å². The highest BCUT2D eigenvalue weighted by molar-refractivity contribution is 5.68. The first-order valence-corrected chi connectivity index (χ1v) is 8.29. The number of rotatable bonds is 8. The maximum Gasteiger partial charge on any atom is 0.311 e. The summed E-state index contributed by atoms with van der Waals surface area (Å²) in [4.78, 5) is 23.9. The van der Waals surface area contributed by atoms with Crippen LogP contribution in [0.15, 0.2) is 30.4 Å². The normalized spacial score (nSPS) is 14.5. The molecule has 1 saturated heterocycles. The van der Waals surface area contributed by atoms with Gasteiger partial charge >= 0.3 is 11.7 Å². The Balaban J connectivity index is 1.97. The first-order valence-electron chi connectivity index (χ1n) is 8.29. The van der Waals surface area contributed by atoms with E-state index < -0.39 is 4.92 Å². The van der Waals surface area contributed by atoms with Crippen LogP contribution in [-0.4, -0.2) is 50.3 Å². The van der Waals surface area contributed by atoms with Crippen molar-refractivity contribution in [1.29, 1.82) is 0 Å². The van der Waals surface area contributed by atoms with Crippen LogP contribution < -0.4 is 15.0 Å². The molecule has 1 aliphatic heterocycles. The number of carbonyl (C=O) groups is 1. The summed E-state index contributed by atoms with van der Waals surface area (Å²) < 4.78 is 10.5. The highest BCUT2D eigenvalue weighted by atomic mass is 16.6. The Hall–Kier alpha value is -2.61. The zero-order valence-corrected chi connectivity index (χ0v) is 14.3. The molecule has 2 rings (SSSR count). The van der Waals surface area contributed by atoms with Gasteiger partial charge in [-0.3, -0.25) is 14.9 Å². The molecule has 0 atom stereocenters. The van der Waals surface area contributed by atoms with Gasteiger partial charge in [0.25, 0.3) is 0 Å². The number of hydrogen-bond donors (Lipinski definition) is 1. The van der Waals surface area contributed by atoms with Gasteiger partial charge in [0.1, 0.15) is 13.2 Å². The third-order valence-electron chi connectivity index (χ3n) is 3.75. The van der Waals surface area contributed by atoms with E-state index in [4.69, 9.17) is 9.47 Å². The fourth-order valence-electron chi connectivity index (χ4n) is 2.41. The summed E-state index contributed by atoms with van der Waals surface area (Å²) in [6.07, 6.45) is 3.65. The number of ether oxygens (including phenoxy) is 2. The van der Waals surface area contributed by atoms with Gasteiger partial charge in [-0.15, -0.1) is 0 Å². The van der Waals surface area contributed by atoms with E-state index in [1.807, 2.05) is 0 Å². The van der Waals surface area contributed by atoms with Crippen LogP contribution in [0.3, 0.4) is 0 Å². The fraction of sp³-hybridized carbons (Fsp3) is 0.471. The predicted molar refractivity (Wildman–Crippen MR) is 94.1 cm³/mol. The van der Waals surface area contributed by atoms with Crippen LogP contribution in [0, 0.1) is 10.1 Å². The predicted octanol–water partition coefficient (Wildman–Crippen LogP) is 1.89. The number of anilines is 1. The summed E-state index contributed by atoms with van der Waals surface area (Å²) in [5, 5.41) is 14.4. The summed E-state index contributed by atoms with van der Waals surface area (Å²) in [6.45, 7) is 5.51. The number of piperazine rings is 1. The number of nitro groups is 1. The molecule has 0 amide bonds. The van der Waals surface area contributed by atoms with Gasteiger partial charge in [-0.25, -0.2) is 0 Å². The van der Waals surface area contributed by atoms with Gasteiger partial charge in [-0.05, 0) is 18.2 Å². The Morgan fingerprint density at radius 1 is 1.32 bits per heavy atom. The molecular weight excluding hydrogens is 326 g/mol. The van der Waals surface area contributed by atoms with Gasteiger partial charge in [0.15, 0.2) is 5.75 Å². The number of benzene rings is 1. The van der Waals surface area contributed by atoms with Crippen LogP contribution in [-0.2, 0) is 9.53 Å². The number of esters is 1. The molecule has 1 heterocycles. The first kappa shape index (κ1) is 18.7. The van der Waals surface area contributed by atoms with Crippen molar-refractivity contribution in [2.45, 2.75) is 13.3 Å². The maximum atomic E-state index is 11.2. The van der Waals surface area contributed by atoms with E-state index >= 15 is 0 Å². The van der Waals surface area contributed by atoms with E-state index in [2.05, 4.69) is 10.2 Å². The van der Waals surface area contributed by atoms with Crippen molar-refractivity contribution in [3.63, 3.8) is 0 Å². The molecule has 0 unspecified atom stereocenters. The first-order chi connectivity index (χ1) is 12.1. The Morgan fingerprint density at radius 3 is 2.72 bits per heavy atom. The number of carbonyl (C=O) groups excluding carboxylic acids is 1. The van der Waals surface area contributed by atoms with Crippen molar-refractivity contribution in [3.8, 4) is 5.75 Å². The average molecular weight is 349 g/mol. The quantitative estimate of drug-likeness (QED) is 0.331. The molecular formula is C17H23N3O5. The molecule has 0 aliphatic carbocycles. The molecule has 25 heavy (non-hydrogen) atoms. The Morgan fingerprint density at radius 2 is 2.04 bits per heavy atom. The van der Waals surface area contributed by atoms with Crippen LogP contribution in [0.1, 0.15) is 13.3 Å². The van der Waals surface area contributed by atoms with E-state index in [9.17, 15) is 14.9 Å². The summed E-state index contributed by atoms with van der Waals surface area (Å²) in [6, 6.07) is 4.92. The molecule has 0 spiro atoms.